The number of carbonyl (C=O) groups excluding carboxylic acids is 2. The third kappa shape index (κ3) is 5.38. The number of amides is 2. The van der Waals surface area contributed by atoms with Crippen LogP contribution in [0.4, 0.5) is 0 Å². The van der Waals surface area contributed by atoms with Gasteiger partial charge in [-0.25, -0.2) is 0 Å². The maximum Gasteiger partial charge on any atom is 0.277 e. The standard InChI is InChI=1S/C24H34N4O5/c1-2-33-20-5-3-19(4-6-20)21-22(27-10-7-25(8-11-27)13-16-29)24(31)28(23(21)30)12-9-26-14-17-32-18-15-26/h3-6,29H,2,7-18H2,1H3. The van der Waals surface area contributed by atoms with E-state index in [1.807, 2.05) is 36.1 Å². The summed E-state index contributed by atoms with van der Waals surface area (Å²) < 4.78 is 10.9. The molecular weight excluding hydrogens is 424 g/mol. The van der Waals surface area contributed by atoms with Crippen LogP contribution in [0.5, 0.6) is 5.75 Å². The first kappa shape index (κ1) is 23.7. The van der Waals surface area contributed by atoms with Crippen LogP contribution in [-0.2, 0) is 14.3 Å². The summed E-state index contributed by atoms with van der Waals surface area (Å²) in [6.07, 6.45) is 0. The summed E-state index contributed by atoms with van der Waals surface area (Å²) in [7, 11) is 0. The first-order valence-corrected chi connectivity index (χ1v) is 11.8. The Morgan fingerprint density at radius 3 is 2.18 bits per heavy atom. The van der Waals surface area contributed by atoms with Crippen molar-refractivity contribution < 1.29 is 24.2 Å². The van der Waals surface area contributed by atoms with E-state index in [0.29, 0.717) is 63.8 Å². The molecule has 0 unspecified atom stereocenters. The van der Waals surface area contributed by atoms with Gasteiger partial charge in [-0.2, -0.15) is 0 Å². The lowest BCUT2D eigenvalue weighted by Crippen LogP contribution is -2.48. The maximum absolute atomic E-state index is 13.5. The number of hydrogen-bond acceptors (Lipinski definition) is 8. The topological polar surface area (TPSA) is 85.8 Å². The summed E-state index contributed by atoms with van der Waals surface area (Å²) in [5, 5.41) is 9.23. The van der Waals surface area contributed by atoms with Crippen LogP contribution < -0.4 is 4.74 Å². The van der Waals surface area contributed by atoms with Crippen molar-refractivity contribution >= 4 is 17.4 Å². The van der Waals surface area contributed by atoms with Gasteiger partial charge >= 0.3 is 0 Å². The van der Waals surface area contributed by atoms with Gasteiger partial charge < -0.3 is 19.5 Å². The van der Waals surface area contributed by atoms with Gasteiger partial charge in [0, 0.05) is 58.9 Å². The number of carbonyl (C=O) groups is 2. The Morgan fingerprint density at radius 1 is 0.879 bits per heavy atom. The zero-order valence-electron chi connectivity index (χ0n) is 19.4. The molecule has 9 heteroatoms. The Bertz CT molecular complexity index is 858. The van der Waals surface area contributed by atoms with E-state index in [1.165, 1.54) is 4.90 Å². The minimum atomic E-state index is -0.231. The summed E-state index contributed by atoms with van der Waals surface area (Å²) in [4.78, 5) is 34.9. The molecule has 3 aliphatic rings. The Kier molecular flexibility index (Phi) is 7.97. The summed E-state index contributed by atoms with van der Waals surface area (Å²) in [6.45, 7) is 10.0. The van der Waals surface area contributed by atoms with Crippen LogP contribution >= 0.6 is 0 Å². The first-order chi connectivity index (χ1) is 16.1. The second-order valence-electron chi connectivity index (χ2n) is 8.45. The summed E-state index contributed by atoms with van der Waals surface area (Å²) in [6, 6.07) is 7.41. The number of piperazine rings is 1. The van der Waals surface area contributed by atoms with Crippen LogP contribution in [0.2, 0.25) is 0 Å². The van der Waals surface area contributed by atoms with Crippen LogP contribution in [0, 0.1) is 0 Å². The molecular formula is C24H34N4O5. The molecule has 0 saturated carbocycles. The third-order valence-electron chi connectivity index (χ3n) is 6.45. The number of β-amino-alcohol motifs (C(OH)–C–C–N with tert-alkyl or cyclic N) is 1. The van der Waals surface area contributed by atoms with Crippen LogP contribution in [0.25, 0.3) is 5.57 Å². The van der Waals surface area contributed by atoms with Crippen LogP contribution in [-0.4, -0.2) is 122 Å². The average Bonchev–Trinajstić information content (AvgIpc) is 3.09. The van der Waals surface area contributed by atoms with Gasteiger partial charge in [0.1, 0.15) is 11.4 Å². The fraction of sp³-hybridized carbons (Fsp3) is 0.583. The molecule has 0 bridgehead atoms. The number of nitrogens with zero attached hydrogens (tertiary/aromatic N) is 4. The Hall–Kier alpha value is -2.46. The number of aliphatic hydroxyl groups excluding tert-OH is 1. The van der Waals surface area contributed by atoms with E-state index >= 15 is 0 Å². The van der Waals surface area contributed by atoms with Gasteiger partial charge in [-0.15, -0.1) is 0 Å². The molecule has 9 nitrogen and oxygen atoms in total. The largest absolute Gasteiger partial charge is 0.494 e. The number of aliphatic hydroxyl groups is 1. The summed E-state index contributed by atoms with van der Waals surface area (Å²) in [5.74, 6) is 0.292. The maximum atomic E-state index is 13.5. The molecule has 0 aliphatic carbocycles. The monoisotopic (exact) mass is 458 g/mol. The molecule has 0 spiro atoms. The highest BCUT2D eigenvalue weighted by atomic mass is 16.5. The van der Waals surface area contributed by atoms with E-state index in [1.54, 1.807) is 0 Å². The van der Waals surface area contributed by atoms with E-state index < -0.39 is 0 Å². The quantitative estimate of drug-likeness (QED) is 0.522. The normalized spacial score (nSPS) is 20.8. The molecule has 1 aromatic carbocycles. The van der Waals surface area contributed by atoms with Gasteiger partial charge in [-0.05, 0) is 24.6 Å². The molecule has 0 aromatic heterocycles. The highest BCUT2D eigenvalue weighted by Gasteiger charge is 2.42. The van der Waals surface area contributed by atoms with E-state index in [9.17, 15) is 14.7 Å². The molecule has 2 saturated heterocycles. The van der Waals surface area contributed by atoms with Gasteiger partial charge in [0.2, 0.25) is 0 Å². The Labute approximate surface area is 195 Å². The number of benzene rings is 1. The van der Waals surface area contributed by atoms with Gasteiger partial charge in [0.25, 0.3) is 11.8 Å². The molecule has 4 rings (SSSR count). The zero-order chi connectivity index (χ0) is 23.2. The van der Waals surface area contributed by atoms with Crippen LogP contribution in [0.15, 0.2) is 30.0 Å². The predicted octanol–water partition coefficient (Wildman–Crippen LogP) is 0.107. The molecule has 3 heterocycles. The number of ether oxygens (including phenoxy) is 2. The molecule has 0 atom stereocenters. The van der Waals surface area contributed by atoms with E-state index in [4.69, 9.17) is 9.47 Å². The number of imide groups is 1. The third-order valence-corrected chi connectivity index (χ3v) is 6.45. The highest BCUT2D eigenvalue weighted by molar-refractivity contribution is 6.35. The van der Waals surface area contributed by atoms with E-state index in [0.717, 1.165) is 37.5 Å². The molecule has 1 aromatic rings. The lowest BCUT2D eigenvalue weighted by atomic mass is 10.0. The molecule has 180 valence electrons. The van der Waals surface area contributed by atoms with Crippen LogP contribution in [0.1, 0.15) is 12.5 Å². The highest BCUT2D eigenvalue weighted by Crippen LogP contribution is 2.33. The molecule has 1 N–H and O–H groups in total. The van der Waals surface area contributed by atoms with Crippen molar-refractivity contribution in [2.45, 2.75) is 6.92 Å². The fourth-order valence-electron chi connectivity index (χ4n) is 4.61. The molecule has 33 heavy (non-hydrogen) atoms. The molecule has 2 fully saturated rings. The SMILES string of the molecule is CCOc1ccc(C2=C(N3CCN(CCO)CC3)C(=O)N(CCN3CCOCC3)C2=O)cc1. The smallest absolute Gasteiger partial charge is 0.277 e. The molecule has 3 aliphatic heterocycles. The predicted molar refractivity (Wildman–Crippen MR) is 124 cm³/mol. The number of rotatable bonds is 9. The van der Waals surface area contributed by atoms with Gasteiger partial charge in [-0.3, -0.25) is 24.3 Å². The number of morpholine rings is 1. The minimum absolute atomic E-state index is 0.118. The van der Waals surface area contributed by atoms with E-state index in [-0.39, 0.29) is 18.4 Å². The van der Waals surface area contributed by atoms with Gasteiger partial charge in [-0.1, -0.05) is 12.1 Å². The van der Waals surface area contributed by atoms with Crippen molar-refractivity contribution in [3.63, 3.8) is 0 Å². The molecule has 0 radical (unpaired) electrons. The number of hydrogen-bond donors (Lipinski definition) is 1. The Balaban J connectivity index is 1.56. The van der Waals surface area contributed by atoms with Gasteiger partial charge in [0.05, 0.1) is 32.0 Å². The van der Waals surface area contributed by atoms with Crippen molar-refractivity contribution in [1.29, 1.82) is 0 Å². The second-order valence-corrected chi connectivity index (χ2v) is 8.45. The van der Waals surface area contributed by atoms with Crippen molar-refractivity contribution in [2.24, 2.45) is 0 Å². The minimum Gasteiger partial charge on any atom is -0.494 e. The lowest BCUT2D eigenvalue weighted by Gasteiger charge is -2.36. The summed E-state index contributed by atoms with van der Waals surface area (Å²) in [5.41, 5.74) is 1.70. The van der Waals surface area contributed by atoms with Crippen molar-refractivity contribution in [2.75, 3.05) is 85.3 Å². The van der Waals surface area contributed by atoms with Crippen molar-refractivity contribution in [3.05, 3.63) is 35.5 Å². The lowest BCUT2D eigenvalue weighted by molar-refractivity contribution is -0.138. The summed E-state index contributed by atoms with van der Waals surface area (Å²) >= 11 is 0. The second kappa shape index (κ2) is 11.1. The van der Waals surface area contributed by atoms with Crippen molar-refractivity contribution in [1.82, 2.24) is 19.6 Å². The molecule has 2 amide bonds. The fourth-order valence-corrected chi connectivity index (χ4v) is 4.61. The van der Waals surface area contributed by atoms with Crippen molar-refractivity contribution in [3.8, 4) is 5.75 Å². The van der Waals surface area contributed by atoms with E-state index in [2.05, 4.69) is 9.80 Å². The average molecular weight is 459 g/mol. The zero-order valence-corrected chi connectivity index (χ0v) is 19.4. The van der Waals surface area contributed by atoms with Crippen LogP contribution in [0.3, 0.4) is 0 Å². The Morgan fingerprint density at radius 2 is 1.55 bits per heavy atom. The van der Waals surface area contributed by atoms with Gasteiger partial charge in [0.15, 0.2) is 0 Å². The first-order valence-electron chi connectivity index (χ1n) is 11.8.